The summed E-state index contributed by atoms with van der Waals surface area (Å²) in [6, 6.07) is -0.186. The zero-order chi connectivity index (χ0) is 14.7. The number of thiazole rings is 1. The van der Waals surface area contributed by atoms with Crippen LogP contribution in [0.5, 0.6) is 0 Å². The van der Waals surface area contributed by atoms with E-state index in [0.717, 1.165) is 23.4 Å². The van der Waals surface area contributed by atoms with Crippen LogP contribution in [0.25, 0.3) is 0 Å². The quantitative estimate of drug-likeness (QED) is 0.893. The average molecular weight is 297 g/mol. The van der Waals surface area contributed by atoms with Crippen LogP contribution in [0.1, 0.15) is 30.3 Å². The Morgan fingerprint density at radius 1 is 1.55 bits per heavy atom. The molecule has 1 aromatic heterocycles. The molecule has 7 heteroatoms. The molecule has 6 nitrogen and oxygen atoms in total. The molecule has 1 unspecified atom stereocenters. The van der Waals surface area contributed by atoms with Crippen LogP contribution in [0, 0.1) is 12.8 Å². The number of aliphatic carboxylic acids is 1. The van der Waals surface area contributed by atoms with Crippen molar-refractivity contribution in [3.8, 4) is 0 Å². The summed E-state index contributed by atoms with van der Waals surface area (Å²) in [5.74, 6) is -0.747. The molecule has 0 aromatic carbocycles. The zero-order valence-corrected chi connectivity index (χ0v) is 12.5. The fourth-order valence-corrected chi connectivity index (χ4v) is 3.30. The first-order chi connectivity index (χ1) is 9.49. The molecule has 2 amide bonds. The van der Waals surface area contributed by atoms with E-state index in [1.807, 2.05) is 13.8 Å². The second-order valence-corrected chi connectivity index (χ2v) is 6.21. The monoisotopic (exact) mass is 297 g/mol. The Labute approximate surface area is 121 Å². The Hall–Kier alpha value is -1.63. The molecular formula is C13H19N3O3S. The average Bonchev–Trinajstić information content (AvgIpc) is 2.95. The molecule has 0 radical (unpaired) electrons. The standard InChI is InChI=1S/C13H19N3O3S/c1-3-10-8(2)20-12(14-10)15-13(19)16-5-4-9(7-16)6-11(17)18/h9H,3-7H2,1-2H3,(H,17,18)(H,14,15,19). The van der Waals surface area contributed by atoms with Gasteiger partial charge in [0.1, 0.15) is 0 Å². The lowest BCUT2D eigenvalue weighted by Crippen LogP contribution is -2.33. The Morgan fingerprint density at radius 3 is 2.90 bits per heavy atom. The van der Waals surface area contributed by atoms with Crippen molar-refractivity contribution in [1.82, 2.24) is 9.88 Å². The highest BCUT2D eigenvalue weighted by molar-refractivity contribution is 7.15. The van der Waals surface area contributed by atoms with Crippen LogP contribution >= 0.6 is 11.3 Å². The van der Waals surface area contributed by atoms with Crippen molar-refractivity contribution < 1.29 is 14.7 Å². The Balaban J connectivity index is 1.90. The van der Waals surface area contributed by atoms with Crippen molar-refractivity contribution in [3.05, 3.63) is 10.6 Å². The van der Waals surface area contributed by atoms with Crippen LogP contribution in [-0.2, 0) is 11.2 Å². The van der Waals surface area contributed by atoms with E-state index in [-0.39, 0.29) is 18.4 Å². The maximum atomic E-state index is 12.1. The molecule has 0 spiro atoms. The molecule has 0 bridgehead atoms. The number of amides is 2. The summed E-state index contributed by atoms with van der Waals surface area (Å²) in [6.07, 6.45) is 1.72. The summed E-state index contributed by atoms with van der Waals surface area (Å²) in [4.78, 5) is 29.9. The van der Waals surface area contributed by atoms with Gasteiger partial charge in [-0.2, -0.15) is 0 Å². The van der Waals surface area contributed by atoms with Gasteiger partial charge < -0.3 is 10.0 Å². The van der Waals surface area contributed by atoms with Gasteiger partial charge in [0, 0.05) is 24.4 Å². The van der Waals surface area contributed by atoms with Crippen molar-refractivity contribution in [2.24, 2.45) is 5.92 Å². The summed E-state index contributed by atoms with van der Waals surface area (Å²) in [5, 5.41) is 12.2. The fourth-order valence-electron chi connectivity index (χ4n) is 2.41. The molecule has 1 atom stereocenters. The molecule has 1 fully saturated rings. The summed E-state index contributed by atoms with van der Waals surface area (Å²) in [7, 11) is 0. The van der Waals surface area contributed by atoms with E-state index in [1.54, 1.807) is 4.90 Å². The third-order valence-corrected chi connectivity index (χ3v) is 4.41. The predicted octanol–water partition coefficient (Wildman–Crippen LogP) is 2.34. The van der Waals surface area contributed by atoms with Gasteiger partial charge >= 0.3 is 12.0 Å². The van der Waals surface area contributed by atoms with Crippen molar-refractivity contribution in [1.29, 1.82) is 0 Å². The number of aryl methyl sites for hydroxylation is 2. The number of nitrogens with one attached hydrogen (secondary N) is 1. The van der Waals surface area contributed by atoms with E-state index in [9.17, 15) is 9.59 Å². The number of rotatable bonds is 4. The topological polar surface area (TPSA) is 82.5 Å². The minimum absolute atomic E-state index is 0.0579. The number of urea groups is 1. The number of anilines is 1. The van der Waals surface area contributed by atoms with Gasteiger partial charge in [0.25, 0.3) is 0 Å². The molecule has 110 valence electrons. The van der Waals surface area contributed by atoms with E-state index in [2.05, 4.69) is 10.3 Å². The maximum absolute atomic E-state index is 12.1. The van der Waals surface area contributed by atoms with Crippen molar-refractivity contribution in [2.75, 3.05) is 18.4 Å². The molecule has 1 aromatic rings. The number of aromatic nitrogens is 1. The van der Waals surface area contributed by atoms with Gasteiger partial charge in [-0.15, -0.1) is 11.3 Å². The van der Waals surface area contributed by atoms with Crippen LogP contribution in [0.3, 0.4) is 0 Å². The third kappa shape index (κ3) is 3.47. The van der Waals surface area contributed by atoms with E-state index in [1.165, 1.54) is 11.3 Å². The molecule has 2 heterocycles. The highest BCUT2D eigenvalue weighted by Crippen LogP contribution is 2.24. The highest BCUT2D eigenvalue weighted by Gasteiger charge is 2.28. The molecule has 2 rings (SSSR count). The number of likely N-dealkylation sites (tertiary alicyclic amines) is 1. The van der Waals surface area contributed by atoms with Gasteiger partial charge in [0.05, 0.1) is 5.69 Å². The molecule has 20 heavy (non-hydrogen) atoms. The van der Waals surface area contributed by atoms with Crippen molar-refractivity contribution in [2.45, 2.75) is 33.1 Å². The van der Waals surface area contributed by atoms with Crippen LogP contribution in [0.4, 0.5) is 9.93 Å². The molecule has 1 saturated heterocycles. The summed E-state index contributed by atoms with van der Waals surface area (Å²) >= 11 is 1.47. The van der Waals surface area contributed by atoms with Crippen LogP contribution in [0.2, 0.25) is 0 Å². The Bertz CT molecular complexity index is 515. The van der Waals surface area contributed by atoms with Gasteiger partial charge in [-0.05, 0) is 25.7 Å². The molecular weight excluding hydrogens is 278 g/mol. The molecule has 0 aliphatic carbocycles. The smallest absolute Gasteiger partial charge is 0.323 e. The van der Waals surface area contributed by atoms with E-state index < -0.39 is 5.97 Å². The number of carboxylic acids is 1. The number of hydrogen-bond acceptors (Lipinski definition) is 4. The Kier molecular flexibility index (Phi) is 4.59. The SMILES string of the molecule is CCc1nc(NC(=O)N2CCC(CC(=O)O)C2)sc1C. The maximum Gasteiger partial charge on any atom is 0.323 e. The van der Waals surface area contributed by atoms with Crippen molar-refractivity contribution in [3.63, 3.8) is 0 Å². The lowest BCUT2D eigenvalue weighted by molar-refractivity contribution is -0.138. The summed E-state index contributed by atoms with van der Waals surface area (Å²) in [5.41, 5.74) is 1.01. The van der Waals surface area contributed by atoms with Gasteiger partial charge in [-0.1, -0.05) is 6.92 Å². The van der Waals surface area contributed by atoms with Gasteiger partial charge in [-0.3, -0.25) is 10.1 Å². The van der Waals surface area contributed by atoms with Crippen LogP contribution in [-0.4, -0.2) is 40.1 Å². The normalized spacial score (nSPS) is 18.3. The second-order valence-electron chi connectivity index (χ2n) is 5.00. The first-order valence-electron chi connectivity index (χ1n) is 6.73. The van der Waals surface area contributed by atoms with E-state index in [0.29, 0.717) is 18.2 Å². The largest absolute Gasteiger partial charge is 0.481 e. The first-order valence-corrected chi connectivity index (χ1v) is 7.55. The number of carbonyl (C=O) groups excluding carboxylic acids is 1. The first kappa shape index (κ1) is 14.8. The highest BCUT2D eigenvalue weighted by atomic mass is 32.1. The lowest BCUT2D eigenvalue weighted by Gasteiger charge is -2.15. The van der Waals surface area contributed by atoms with E-state index >= 15 is 0 Å². The number of nitrogens with zero attached hydrogens (tertiary/aromatic N) is 2. The van der Waals surface area contributed by atoms with Gasteiger partial charge in [0.15, 0.2) is 5.13 Å². The summed E-state index contributed by atoms with van der Waals surface area (Å²) in [6.45, 7) is 5.13. The zero-order valence-electron chi connectivity index (χ0n) is 11.7. The number of carbonyl (C=O) groups is 2. The summed E-state index contributed by atoms with van der Waals surface area (Å²) < 4.78 is 0. The minimum atomic E-state index is -0.805. The molecule has 1 aliphatic heterocycles. The molecule has 1 aliphatic rings. The molecule has 0 saturated carbocycles. The minimum Gasteiger partial charge on any atom is -0.481 e. The predicted molar refractivity (Wildman–Crippen MR) is 77.2 cm³/mol. The lowest BCUT2D eigenvalue weighted by atomic mass is 10.1. The number of carboxylic acid groups (broad SMARTS) is 1. The van der Waals surface area contributed by atoms with Crippen LogP contribution < -0.4 is 5.32 Å². The van der Waals surface area contributed by atoms with Crippen molar-refractivity contribution >= 4 is 28.5 Å². The molecule has 2 N–H and O–H groups in total. The second kappa shape index (κ2) is 6.21. The van der Waals surface area contributed by atoms with Crippen LogP contribution in [0.15, 0.2) is 0 Å². The Morgan fingerprint density at radius 2 is 2.30 bits per heavy atom. The van der Waals surface area contributed by atoms with Gasteiger partial charge in [-0.25, -0.2) is 9.78 Å². The van der Waals surface area contributed by atoms with E-state index in [4.69, 9.17) is 5.11 Å². The fraction of sp³-hybridized carbons (Fsp3) is 0.615. The number of hydrogen-bond donors (Lipinski definition) is 2. The third-order valence-electron chi connectivity index (χ3n) is 3.48. The van der Waals surface area contributed by atoms with Gasteiger partial charge in [0.2, 0.25) is 0 Å².